The van der Waals surface area contributed by atoms with E-state index in [-0.39, 0.29) is 0 Å². The highest BCUT2D eigenvalue weighted by molar-refractivity contribution is 7.09. The van der Waals surface area contributed by atoms with E-state index >= 15 is 0 Å². The van der Waals surface area contributed by atoms with Gasteiger partial charge in [-0.25, -0.2) is 4.98 Å². The van der Waals surface area contributed by atoms with Crippen LogP contribution in [0.1, 0.15) is 57.0 Å². The Balaban J connectivity index is 1.78. The van der Waals surface area contributed by atoms with Crippen LogP contribution < -0.4 is 0 Å². The first kappa shape index (κ1) is 14.5. The summed E-state index contributed by atoms with van der Waals surface area (Å²) in [4.78, 5) is 10.1. The van der Waals surface area contributed by atoms with Gasteiger partial charge >= 0.3 is 0 Å². The third-order valence-corrected chi connectivity index (χ3v) is 5.96. The van der Waals surface area contributed by atoms with Gasteiger partial charge in [-0.2, -0.15) is 0 Å². The molecule has 20 heavy (non-hydrogen) atoms. The Morgan fingerprint density at radius 3 is 2.95 bits per heavy atom. The van der Waals surface area contributed by atoms with Gasteiger partial charge in [0, 0.05) is 36.8 Å². The van der Waals surface area contributed by atoms with E-state index in [0.717, 1.165) is 6.04 Å². The van der Waals surface area contributed by atoms with Crippen molar-refractivity contribution in [3.63, 3.8) is 0 Å². The first-order valence-electron chi connectivity index (χ1n) is 8.22. The lowest BCUT2D eigenvalue weighted by Crippen LogP contribution is -2.59. The van der Waals surface area contributed by atoms with Crippen molar-refractivity contribution in [1.29, 1.82) is 0 Å². The van der Waals surface area contributed by atoms with E-state index < -0.39 is 0 Å². The zero-order valence-electron chi connectivity index (χ0n) is 12.8. The maximum atomic E-state index is 4.60. The van der Waals surface area contributed by atoms with E-state index in [1.165, 1.54) is 56.7 Å². The van der Waals surface area contributed by atoms with Crippen molar-refractivity contribution in [2.75, 3.05) is 19.6 Å². The molecule has 0 saturated carbocycles. The van der Waals surface area contributed by atoms with Gasteiger partial charge in [0.15, 0.2) is 0 Å². The number of piperidine rings is 1. The summed E-state index contributed by atoms with van der Waals surface area (Å²) in [6.45, 7) is 8.49. The molecule has 112 valence electrons. The highest BCUT2D eigenvalue weighted by atomic mass is 32.1. The van der Waals surface area contributed by atoms with Gasteiger partial charge in [-0.15, -0.1) is 11.3 Å². The van der Waals surface area contributed by atoms with Crippen LogP contribution in [0, 0.1) is 0 Å². The monoisotopic (exact) mass is 293 g/mol. The zero-order chi connectivity index (χ0) is 13.9. The third-order valence-electron chi connectivity index (χ3n) is 5.08. The topological polar surface area (TPSA) is 19.4 Å². The lowest BCUT2D eigenvalue weighted by Gasteiger charge is -2.50. The van der Waals surface area contributed by atoms with Crippen LogP contribution in [0.5, 0.6) is 0 Å². The zero-order valence-corrected chi connectivity index (χ0v) is 13.6. The molecule has 3 rings (SSSR count). The summed E-state index contributed by atoms with van der Waals surface area (Å²) in [5.41, 5.74) is 0. The van der Waals surface area contributed by atoms with Crippen LogP contribution in [-0.4, -0.2) is 46.5 Å². The molecule has 0 aliphatic carbocycles. The second kappa shape index (κ2) is 6.54. The molecule has 1 aromatic heterocycles. The van der Waals surface area contributed by atoms with Crippen LogP contribution in [0.3, 0.4) is 0 Å². The number of thiazole rings is 1. The minimum Gasteiger partial charge on any atom is -0.298 e. The first-order valence-corrected chi connectivity index (χ1v) is 9.10. The van der Waals surface area contributed by atoms with Crippen molar-refractivity contribution in [2.24, 2.45) is 0 Å². The van der Waals surface area contributed by atoms with Gasteiger partial charge in [-0.05, 0) is 32.2 Å². The smallest absolute Gasteiger partial charge is 0.110 e. The molecule has 0 amide bonds. The fourth-order valence-electron chi connectivity index (χ4n) is 3.97. The fourth-order valence-corrected chi connectivity index (χ4v) is 4.81. The average molecular weight is 293 g/mol. The molecule has 3 nitrogen and oxygen atoms in total. The number of fused-ring (bicyclic) bond motifs is 1. The van der Waals surface area contributed by atoms with Crippen molar-refractivity contribution in [1.82, 2.24) is 14.8 Å². The Labute approximate surface area is 127 Å². The number of hydrogen-bond acceptors (Lipinski definition) is 4. The first-order chi connectivity index (χ1) is 9.83. The SMILES string of the molecule is CCC1CN2CCCCC2CN1C(CC)c1nccs1. The maximum Gasteiger partial charge on any atom is 0.110 e. The van der Waals surface area contributed by atoms with Gasteiger partial charge < -0.3 is 0 Å². The van der Waals surface area contributed by atoms with E-state index in [9.17, 15) is 0 Å². The molecule has 2 saturated heterocycles. The Morgan fingerprint density at radius 1 is 1.35 bits per heavy atom. The summed E-state index contributed by atoms with van der Waals surface area (Å²) in [6.07, 6.45) is 8.60. The highest BCUT2D eigenvalue weighted by Gasteiger charge is 2.37. The van der Waals surface area contributed by atoms with E-state index in [2.05, 4.69) is 34.0 Å². The number of aromatic nitrogens is 1. The highest BCUT2D eigenvalue weighted by Crippen LogP contribution is 2.34. The summed E-state index contributed by atoms with van der Waals surface area (Å²) < 4.78 is 0. The Bertz CT molecular complexity index is 406. The number of hydrogen-bond donors (Lipinski definition) is 0. The van der Waals surface area contributed by atoms with E-state index in [1.54, 1.807) is 0 Å². The van der Waals surface area contributed by atoms with Crippen LogP contribution in [0.2, 0.25) is 0 Å². The Morgan fingerprint density at radius 2 is 2.25 bits per heavy atom. The molecule has 0 spiro atoms. The molecule has 3 heterocycles. The molecule has 3 unspecified atom stereocenters. The largest absolute Gasteiger partial charge is 0.298 e. The summed E-state index contributed by atoms with van der Waals surface area (Å²) >= 11 is 1.82. The predicted molar refractivity (Wildman–Crippen MR) is 85.1 cm³/mol. The molecule has 2 fully saturated rings. The Hall–Kier alpha value is -0.450. The van der Waals surface area contributed by atoms with Gasteiger partial charge in [0.2, 0.25) is 0 Å². The molecule has 0 N–H and O–H groups in total. The summed E-state index contributed by atoms with van der Waals surface area (Å²) in [6, 6.07) is 2.03. The Kier molecular flexibility index (Phi) is 4.74. The second-order valence-corrected chi connectivity index (χ2v) is 7.12. The molecule has 1 aromatic rings. The fraction of sp³-hybridized carbons (Fsp3) is 0.812. The van der Waals surface area contributed by atoms with Gasteiger partial charge in [0.1, 0.15) is 5.01 Å². The third kappa shape index (κ3) is 2.78. The van der Waals surface area contributed by atoms with Crippen molar-refractivity contribution in [3.8, 4) is 0 Å². The minimum atomic E-state index is 0.532. The van der Waals surface area contributed by atoms with Gasteiger partial charge in [-0.1, -0.05) is 20.3 Å². The normalized spacial score (nSPS) is 30.1. The molecule has 3 atom stereocenters. The van der Waals surface area contributed by atoms with E-state index in [1.807, 2.05) is 17.5 Å². The predicted octanol–water partition coefficient (Wildman–Crippen LogP) is 3.54. The van der Waals surface area contributed by atoms with E-state index in [0.29, 0.717) is 12.1 Å². The summed E-state index contributed by atoms with van der Waals surface area (Å²) in [5.74, 6) is 0. The lowest BCUT2D eigenvalue weighted by atomic mass is 9.94. The van der Waals surface area contributed by atoms with Crippen molar-refractivity contribution in [3.05, 3.63) is 16.6 Å². The average Bonchev–Trinajstić information content (AvgIpc) is 3.01. The molecule has 0 bridgehead atoms. The van der Waals surface area contributed by atoms with E-state index in [4.69, 9.17) is 0 Å². The van der Waals surface area contributed by atoms with Gasteiger partial charge in [0.25, 0.3) is 0 Å². The minimum absolute atomic E-state index is 0.532. The van der Waals surface area contributed by atoms with Crippen LogP contribution in [0.25, 0.3) is 0 Å². The quantitative estimate of drug-likeness (QED) is 0.846. The lowest BCUT2D eigenvalue weighted by molar-refractivity contribution is -0.0172. The maximum absolute atomic E-state index is 4.60. The van der Waals surface area contributed by atoms with Crippen LogP contribution in [0.4, 0.5) is 0 Å². The van der Waals surface area contributed by atoms with Crippen LogP contribution in [0.15, 0.2) is 11.6 Å². The number of nitrogens with zero attached hydrogens (tertiary/aromatic N) is 3. The number of piperazine rings is 1. The van der Waals surface area contributed by atoms with Crippen molar-refractivity contribution < 1.29 is 0 Å². The number of rotatable bonds is 4. The molecule has 0 radical (unpaired) electrons. The van der Waals surface area contributed by atoms with Gasteiger partial charge in [-0.3, -0.25) is 9.80 Å². The van der Waals surface area contributed by atoms with Crippen molar-refractivity contribution >= 4 is 11.3 Å². The van der Waals surface area contributed by atoms with Crippen LogP contribution in [-0.2, 0) is 0 Å². The van der Waals surface area contributed by atoms with Crippen LogP contribution >= 0.6 is 11.3 Å². The molecular formula is C16H27N3S. The van der Waals surface area contributed by atoms with Crippen molar-refractivity contribution in [2.45, 2.75) is 64.1 Å². The molecule has 2 aliphatic rings. The summed E-state index contributed by atoms with van der Waals surface area (Å²) in [5, 5.41) is 3.44. The molecular weight excluding hydrogens is 266 g/mol. The molecule has 4 heteroatoms. The molecule has 2 aliphatic heterocycles. The second-order valence-electron chi connectivity index (χ2n) is 6.20. The standard InChI is InChI=1S/C16H27N3S/c1-3-13-11-18-9-6-5-7-14(18)12-19(13)15(4-2)16-17-8-10-20-16/h8,10,13-15H,3-7,9,11-12H2,1-2H3. The molecule has 0 aromatic carbocycles. The van der Waals surface area contributed by atoms with Gasteiger partial charge in [0.05, 0.1) is 6.04 Å². The summed E-state index contributed by atoms with van der Waals surface area (Å²) in [7, 11) is 0.